The summed E-state index contributed by atoms with van der Waals surface area (Å²) in [7, 11) is 6.90. The maximum absolute atomic E-state index is 13.7. The molecule has 1 unspecified atom stereocenters. The molecule has 4 aromatic rings. The van der Waals surface area contributed by atoms with E-state index in [9.17, 15) is 19.9 Å². The molecule has 5 rings (SSSR count). The number of methoxy groups -OCH3 is 2. The number of esters is 1. The fourth-order valence-electron chi connectivity index (χ4n) is 6.15. The average Bonchev–Trinajstić information content (AvgIpc) is 3.66. The second-order valence-electron chi connectivity index (χ2n) is 11.8. The monoisotopic (exact) mass is 714 g/mol. The Kier molecular flexibility index (Phi) is 11.2. The molecular weight excluding hydrogens is 677 g/mol. The lowest BCUT2D eigenvalue weighted by Gasteiger charge is -2.29. The highest BCUT2D eigenvalue weighted by molar-refractivity contribution is 7.14. The second kappa shape index (κ2) is 15.1. The Morgan fingerprint density at radius 3 is 2.44 bits per heavy atom. The van der Waals surface area contributed by atoms with Gasteiger partial charge in [-0.25, -0.2) is 9.59 Å². The van der Waals surface area contributed by atoms with Gasteiger partial charge in [-0.3, -0.25) is 10.5 Å². The largest absolute Gasteiger partial charge is 0.493 e. The number of halogens is 2. The van der Waals surface area contributed by atoms with Gasteiger partial charge in [0.2, 0.25) is 12.4 Å². The Hall–Kier alpha value is -3.87. The van der Waals surface area contributed by atoms with E-state index in [1.54, 1.807) is 12.1 Å². The lowest BCUT2D eigenvalue weighted by atomic mass is 9.85. The number of carboxylic acids is 1. The number of fused-ring (bicyclic) bond motifs is 1. The molecule has 0 radical (unpaired) electrons. The van der Waals surface area contributed by atoms with Gasteiger partial charge in [0.05, 0.1) is 14.2 Å². The molecule has 0 saturated heterocycles. The number of hydrogen-bond donors (Lipinski definition) is 3. The predicted octanol–water partition coefficient (Wildman–Crippen LogP) is 5.71. The van der Waals surface area contributed by atoms with Crippen LogP contribution in [0.2, 0.25) is 10.0 Å². The van der Waals surface area contributed by atoms with Crippen molar-refractivity contribution < 1.29 is 38.8 Å². The number of likely N-dealkylation sites (N-methyl/N-ethyl adjacent to an activating group) is 1. The van der Waals surface area contributed by atoms with Crippen molar-refractivity contribution in [1.82, 2.24) is 10.2 Å². The van der Waals surface area contributed by atoms with E-state index in [1.165, 1.54) is 26.6 Å². The molecule has 0 spiro atoms. The number of benzene rings is 2. The molecule has 0 fully saturated rings. The number of carbonyl (C=O) groups is 2. The van der Waals surface area contributed by atoms with Crippen LogP contribution in [0.25, 0.3) is 0 Å². The first-order valence-corrected chi connectivity index (χ1v) is 16.9. The predicted molar refractivity (Wildman–Crippen MR) is 183 cm³/mol. The summed E-state index contributed by atoms with van der Waals surface area (Å²) < 4.78 is 17.6. The number of aryl methyl sites for hydroxylation is 1. The van der Waals surface area contributed by atoms with Crippen LogP contribution < -0.4 is 19.5 Å². The molecule has 2 aromatic carbocycles. The van der Waals surface area contributed by atoms with Crippen molar-refractivity contribution in [2.45, 2.75) is 37.3 Å². The van der Waals surface area contributed by atoms with Gasteiger partial charge in [-0.15, -0.1) is 11.3 Å². The smallest absolute Gasteiger partial charge is 0.346 e. The summed E-state index contributed by atoms with van der Waals surface area (Å²) in [5.74, 6) is -0.994. The summed E-state index contributed by atoms with van der Waals surface area (Å²) in [6.45, 7) is 1.06. The van der Waals surface area contributed by atoms with E-state index in [1.807, 2.05) is 55.4 Å². The summed E-state index contributed by atoms with van der Waals surface area (Å²) in [4.78, 5) is 29.3. The minimum Gasteiger partial charge on any atom is -0.493 e. The summed E-state index contributed by atoms with van der Waals surface area (Å²) in [5, 5.41) is 24.3. The summed E-state index contributed by atoms with van der Waals surface area (Å²) in [5.41, 5.74) is 2.68. The number of nitrogens with one attached hydrogen (secondary N) is 1. The van der Waals surface area contributed by atoms with E-state index >= 15 is 0 Å². The number of ether oxygens (including phenoxy) is 3. The van der Waals surface area contributed by atoms with Crippen molar-refractivity contribution in [3.05, 3.63) is 109 Å². The molecular formula is C35H38Cl2N3O7S+. The highest BCUT2D eigenvalue weighted by Crippen LogP contribution is 2.42. The third-order valence-electron chi connectivity index (χ3n) is 8.60. The van der Waals surface area contributed by atoms with Gasteiger partial charge in [0, 0.05) is 34.2 Å². The molecule has 0 saturated carbocycles. The van der Waals surface area contributed by atoms with Crippen LogP contribution in [0.15, 0.2) is 60.9 Å². The van der Waals surface area contributed by atoms with Gasteiger partial charge in [0.1, 0.15) is 27.1 Å². The molecule has 3 N–H and O–H groups in total. The van der Waals surface area contributed by atoms with Gasteiger partial charge >= 0.3 is 11.9 Å². The van der Waals surface area contributed by atoms with Crippen molar-refractivity contribution >= 4 is 46.5 Å². The van der Waals surface area contributed by atoms with Gasteiger partial charge in [0.25, 0.3) is 0 Å². The van der Waals surface area contributed by atoms with Crippen LogP contribution in [0.3, 0.4) is 0 Å². The van der Waals surface area contributed by atoms with Crippen LogP contribution in [-0.4, -0.2) is 68.6 Å². The first-order chi connectivity index (χ1) is 23.0. The summed E-state index contributed by atoms with van der Waals surface area (Å²) in [6, 6.07) is 15.1. The quantitative estimate of drug-likeness (QED) is 0.0858. The van der Waals surface area contributed by atoms with Crippen LogP contribution in [0.4, 0.5) is 0 Å². The molecule has 2 atom stereocenters. The molecule has 2 aromatic heterocycles. The molecule has 0 bridgehead atoms. The number of rotatable bonds is 14. The van der Waals surface area contributed by atoms with Crippen LogP contribution in [0, 0.1) is 0 Å². The second-order valence-corrected chi connectivity index (χ2v) is 13.8. The van der Waals surface area contributed by atoms with Gasteiger partial charge in [-0.1, -0.05) is 53.5 Å². The lowest BCUT2D eigenvalue weighted by molar-refractivity contribution is -0.904. The Labute approximate surface area is 293 Å². The summed E-state index contributed by atoms with van der Waals surface area (Å²) >= 11 is 14.2. The molecule has 48 heavy (non-hydrogen) atoms. The van der Waals surface area contributed by atoms with E-state index < -0.39 is 17.4 Å². The molecule has 13 heteroatoms. The van der Waals surface area contributed by atoms with Crippen LogP contribution in [-0.2, 0) is 34.5 Å². The highest BCUT2D eigenvalue weighted by Gasteiger charge is 2.46. The molecule has 0 amide bonds. The van der Waals surface area contributed by atoms with E-state index in [4.69, 9.17) is 37.4 Å². The van der Waals surface area contributed by atoms with E-state index in [0.717, 1.165) is 37.6 Å². The van der Waals surface area contributed by atoms with Gasteiger partial charge in [-0.05, 0) is 73.8 Å². The van der Waals surface area contributed by atoms with Crippen LogP contribution in [0.1, 0.15) is 54.7 Å². The number of pyridine rings is 1. The fraction of sp³-hybridized carbons (Fsp3) is 0.343. The lowest BCUT2D eigenvalue weighted by Crippen LogP contribution is -2.48. The first-order valence-electron chi connectivity index (χ1n) is 15.3. The molecule has 1 aliphatic carbocycles. The van der Waals surface area contributed by atoms with Crippen molar-refractivity contribution in [2.75, 3.05) is 41.5 Å². The molecule has 10 nitrogen and oxygen atoms in total. The topological polar surface area (TPSA) is 121 Å². The van der Waals surface area contributed by atoms with Crippen LogP contribution >= 0.6 is 34.5 Å². The van der Waals surface area contributed by atoms with E-state index in [-0.39, 0.29) is 40.5 Å². The maximum atomic E-state index is 13.7. The van der Waals surface area contributed by atoms with E-state index in [2.05, 4.69) is 5.32 Å². The van der Waals surface area contributed by atoms with E-state index in [0.29, 0.717) is 42.0 Å². The Morgan fingerprint density at radius 1 is 1.06 bits per heavy atom. The Balaban J connectivity index is 1.55. The Morgan fingerprint density at radius 2 is 1.77 bits per heavy atom. The minimum absolute atomic E-state index is 0.140. The SMILES string of the molecule is COc1ccc([C@H](Cc2c(Cl)c[n+](O)cc2Cl)c2cc(CNC3(C(=O)OCCN(C)C)CCc4ccccc43)sc2C(=O)O)cc1OC. The van der Waals surface area contributed by atoms with Crippen molar-refractivity contribution in [3.63, 3.8) is 0 Å². The number of carbonyl (C=O) groups excluding carboxylic acids is 1. The number of aromatic nitrogens is 1. The van der Waals surface area contributed by atoms with Gasteiger partial charge in [0.15, 0.2) is 11.5 Å². The minimum atomic E-state index is -1.09. The highest BCUT2D eigenvalue weighted by atomic mass is 35.5. The van der Waals surface area contributed by atoms with Crippen molar-refractivity contribution in [3.8, 4) is 11.5 Å². The summed E-state index contributed by atoms with van der Waals surface area (Å²) in [6.07, 6.45) is 4.09. The van der Waals surface area contributed by atoms with Crippen LogP contribution in [0.5, 0.6) is 11.5 Å². The number of hydrogen-bond acceptors (Lipinski definition) is 9. The number of nitrogens with zero attached hydrogens (tertiary/aromatic N) is 2. The zero-order chi connectivity index (χ0) is 34.6. The fourth-order valence-corrected chi connectivity index (χ4v) is 7.75. The average molecular weight is 716 g/mol. The zero-order valence-electron chi connectivity index (χ0n) is 27.1. The van der Waals surface area contributed by atoms with Crippen molar-refractivity contribution in [1.29, 1.82) is 0 Å². The van der Waals surface area contributed by atoms with Gasteiger partial charge in [-0.2, -0.15) is 0 Å². The van der Waals surface area contributed by atoms with Crippen molar-refractivity contribution in [2.24, 2.45) is 0 Å². The number of carboxylic acid groups (broad SMARTS) is 1. The third kappa shape index (κ3) is 7.40. The third-order valence-corrected chi connectivity index (χ3v) is 10.4. The number of thiophene rings is 1. The standard InChI is InChI=1S/C35H37Cl2N3O7S/c1-39(2)13-14-47-34(43)35(12-11-21-7-5-6-8-27(21)35)38-18-23-16-25(32(48-23)33(41)42)24(17-26-28(36)19-40(44)20-29(26)37)22-9-10-30(45-3)31(15-22)46-4/h5-10,15-16,19-20,24,38H,11-14,17-18H2,1-4H3,(H-,41,42,44)/p+1/t24-,35?/m0/s1. The van der Waals surface area contributed by atoms with Gasteiger partial charge < -0.3 is 24.2 Å². The Bertz CT molecular complexity index is 1790. The molecule has 1 aliphatic rings. The normalized spacial score (nSPS) is 16.1. The molecule has 0 aliphatic heterocycles. The zero-order valence-corrected chi connectivity index (χ0v) is 29.4. The molecule has 2 heterocycles. The first kappa shape index (κ1) is 35.4. The number of aromatic carboxylic acids is 1. The maximum Gasteiger partial charge on any atom is 0.346 e. The molecule has 254 valence electrons.